The highest BCUT2D eigenvalue weighted by atomic mass is 16.5. The Morgan fingerprint density at radius 3 is 2.50 bits per heavy atom. The first-order valence-corrected chi connectivity index (χ1v) is 4.38. The van der Waals surface area contributed by atoms with Gasteiger partial charge in [0.1, 0.15) is 0 Å². The van der Waals surface area contributed by atoms with Crippen LogP contribution in [-0.2, 0) is 4.74 Å². The van der Waals surface area contributed by atoms with E-state index in [1.807, 2.05) is 18.2 Å². The Morgan fingerprint density at radius 1 is 1.29 bits per heavy atom. The number of hydrogen-bond donors (Lipinski definition) is 1. The highest BCUT2D eigenvalue weighted by Crippen LogP contribution is 2.19. The third kappa shape index (κ3) is 1.67. The smallest absolute Gasteiger partial charge is 0.335 e. The van der Waals surface area contributed by atoms with Crippen molar-refractivity contribution >= 4 is 11.5 Å². The molecule has 3 nitrogen and oxygen atoms in total. The molecule has 1 aromatic carbocycles. The molecule has 0 bridgehead atoms. The van der Waals surface area contributed by atoms with E-state index in [1.54, 1.807) is 12.1 Å². The average Bonchev–Trinajstić information content (AvgIpc) is 2.71. The fraction of sp³-hybridized carbons (Fsp3) is 0.182. The van der Waals surface area contributed by atoms with E-state index in [1.165, 1.54) is 0 Å². The Bertz CT molecular complexity index is 376. The SMILES string of the molecule is O=C(O)c1ccc(C2=CCOC2)cc1. The van der Waals surface area contributed by atoms with E-state index in [4.69, 9.17) is 9.84 Å². The van der Waals surface area contributed by atoms with Gasteiger partial charge in [0.05, 0.1) is 18.8 Å². The van der Waals surface area contributed by atoms with Crippen LogP contribution in [0.5, 0.6) is 0 Å². The fourth-order valence-electron chi connectivity index (χ4n) is 1.42. The zero-order chi connectivity index (χ0) is 9.97. The molecule has 0 amide bonds. The fourth-order valence-corrected chi connectivity index (χ4v) is 1.42. The first-order valence-electron chi connectivity index (χ1n) is 4.38. The molecule has 1 aliphatic heterocycles. The van der Waals surface area contributed by atoms with E-state index in [9.17, 15) is 4.79 Å². The summed E-state index contributed by atoms with van der Waals surface area (Å²) < 4.78 is 5.18. The summed E-state index contributed by atoms with van der Waals surface area (Å²) >= 11 is 0. The van der Waals surface area contributed by atoms with E-state index >= 15 is 0 Å². The summed E-state index contributed by atoms with van der Waals surface area (Å²) in [7, 11) is 0. The second-order valence-corrected chi connectivity index (χ2v) is 3.13. The Labute approximate surface area is 81.6 Å². The third-order valence-corrected chi connectivity index (χ3v) is 2.21. The van der Waals surface area contributed by atoms with Crippen LogP contribution in [0, 0.1) is 0 Å². The summed E-state index contributed by atoms with van der Waals surface area (Å²) in [5.74, 6) is -0.895. The van der Waals surface area contributed by atoms with E-state index in [0.717, 1.165) is 11.1 Å². The Kier molecular flexibility index (Phi) is 2.33. The molecule has 1 N–H and O–H groups in total. The quantitative estimate of drug-likeness (QED) is 0.773. The normalized spacial score (nSPS) is 15.3. The molecule has 0 unspecified atom stereocenters. The van der Waals surface area contributed by atoms with Crippen molar-refractivity contribution in [2.45, 2.75) is 0 Å². The van der Waals surface area contributed by atoms with Gasteiger partial charge in [0.25, 0.3) is 0 Å². The van der Waals surface area contributed by atoms with Crippen LogP contribution in [0.15, 0.2) is 30.3 Å². The molecular weight excluding hydrogens is 180 g/mol. The first-order chi connectivity index (χ1) is 6.77. The Morgan fingerprint density at radius 2 is 2.00 bits per heavy atom. The van der Waals surface area contributed by atoms with Crippen molar-refractivity contribution in [1.82, 2.24) is 0 Å². The lowest BCUT2D eigenvalue weighted by Gasteiger charge is -2.01. The molecular formula is C11H10O3. The second-order valence-electron chi connectivity index (χ2n) is 3.13. The van der Waals surface area contributed by atoms with Gasteiger partial charge in [-0.15, -0.1) is 0 Å². The molecule has 1 heterocycles. The van der Waals surface area contributed by atoms with Crippen molar-refractivity contribution in [3.05, 3.63) is 41.5 Å². The number of carbonyl (C=O) groups is 1. The zero-order valence-corrected chi connectivity index (χ0v) is 7.56. The summed E-state index contributed by atoms with van der Waals surface area (Å²) in [6, 6.07) is 6.83. The summed E-state index contributed by atoms with van der Waals surface area (Å²) in [5.41, 5.74) is 2.47. The highest BCUT2D eigenvalue weighted by molar-refractivity contribution is 5.88. The number of carboxylic acid groups (broad SMARTS) is 1. The molecule has 1 aromatic rings. The van der Waals surface area contributed by atoms with Crippen molar-refractivity contribution in [2.24, 2.45) is 0 Å². The number of aromatic carboxylic acids is 1. The molecule has 3 heteroatoms. The summed E-state index contributed by atoms with van der Waals surface area (Å²) in [6.07, 6.45) is 2.01. The largest absolute Gasteiger partial charge is 0.478 e. The average molecular weight is 190 g/mol. The topological polar surface area (TPSA) is 46.5 Å². The van der Waals surface area contributed by atoms with Gasteiger partial charge >= 0.3 is 5.97 Å². The standard InChI is InChI=1S/C11H10O3/c12-11(13)9-3-1-8(2-4-9)10-5-6-14-7-10/h1-5H,6-7H2,(H,12,13). The maximum absolute atomic E-state index is 10.6. The van der Waals surface area contributed by atoms with Crippen LogP contribution in [0.2, 0.25) is 0 Å². The minimum absolute atomic E-state index is 0.313. The molecule has 14 heavy (non-hydrogen) atoms. The minimum Gasteiger partial charge on any atom is -0.478 e. The van der Waals surface area contributed by atoms with Crippen molar-refractivity contribution < 1.29 is 14.6 Å². The number of benzene rings is 1. The lowest BCUT2D eigenvalue weighted by Crippen LogP contribution is -1.96. The first kappa shape index (κ1) is 8.97. The molecule has 72 valence electrons. The number of carboxylic acids is 1. The minimum atomic E-state index is -0.895. The molecule has 0 saturated heterocycles. The molecule has 0 aliphatic carbocycles. The van der Waals surface area contributed by atoms with Crippen molar-refractivity contribution in [2.75, 3.05) is 13.2 Å². The molecule has 0 radical (unpaired) electrons. The Hall–Kier alpha value is -1.61. The maximum atomic E-state index is 10.6. The molecule has 0 aromatic heterocycles. The Balaban J connectivity index is 2.25. The van der Waals surface area contributed by atoms with Gasteiger partial charge < -0.3 is 9.84 Å². The van der Waals surface area contributed by atoms with Gasteiger partial charge in [0.2, 0.25) is 0 Å². The van der Waals surface area contributed by atoms with E-state index < -0.39 is 5.97 Å². The molecule has 2 rings (SSSR count). The summed E-state index contributed by atoms with van der Waals surface area (Å²) in [4.78, 5) is 10.6. The lowest BCUT2D eigenvalue weighted by atomic mass is 10.1. The van der Waals surface area contributed by atoms with Gasteiger partial charge in [0, 0.05) is 0 Å². The van der Waals surface area contributed by atoms with Crippen LogP contribution in [-0.4, -0.2) is 24.3 Å². The van der Waals surface area contributed by atoms with E-state index in [-0.39, 0.29) is 0 Å². The molecule has 0 spiro atoms. The molecule has 0 saturated carbocycles. The van der Waals surface area contributed by atoms with Crippen molar-refractivity contribution in [1.29, 1.82) is 0 Å². The lowest BCUT2D eigenvalue weighted by molar-refractivity contribution is 0.0697. The van der Waals surface area contributed by atoms with Gasteiger partial charge in [0.15, 0.2) is 0 Å². The highest BCUT2D eigenvalue weighted by Gasteiger charge is 2.08. The molecule has 0 fully saturated rings. The van der Waals surface area contributed by atoms with Gasteiger partial charge in [-0.3, -0.25) is 0 Å². The third-order valence-electron chi connectivity index (χ3n) is 2.21. The zero-order valence-electron chi connectivity index (χ0n) is 7.56. The van der Waals surface area contributed by atoms with Gasteiger partial charge in [-0.25, -0.2) is 4.79 Å². The van der Waals surface area contributed by atoms with Gasteiger partial charge in [-0.05, 0) is 23.3 Å². The van der Waals surface area contributed by atoms with Crippen LogP contribution in [0.3, 0.4) is 0 Å². The number of hydrogen-bond acceptors (Lipinski definition) is 2. The number of rotatable bonds is 2. The van der Waals surface area contributed by atoms with Crippen molar-refractivity contribution in [3.63, 3.8) is 0 Å². The number of ether oxygens (including phenoxy) is 1. The van der Waals surface area contributed by atoms with Crippen LogP contribution in [0.25, 0.3) is 5.57 Å². The second kappa shape index (κ2) is 3.64. The van der Waals surface area contributed by atoms with E-state index in [0.29, 0.717) is 18.8 Å². The predicted octanol–water partition coefficient (Wildman–Crippen LogP) is 1.80. The van der Waals surface area contributed by atoms with Crippen LogP contribution in [0.4, 0.5) is 0 Å². The van der Waals surface area contributed by atoms with E-state index in [2.05, 4.69) is 0 Å². The predicted molar refractivity (Wildman–Crippen MR) is 52.2 cm³/mol. The monoisotopic (exact) mass is 190 g/mol. The van der Waals surface area contributed by atoms with Gasteiger partial charge in [-0.1, -0.05) is 18.2 Å². The van der Waals surface area contributed by atoms with Crippen LogP contribution in [0.1, 0.15) is 15.9 Å². The van der Waals surface area contributed by atoms with Gasteiger partial charge in [-0.2, -0.15) is 0 Å². The summed E-state index contributed by atoms with van der Waals surface area (Å²) in [6.45, 7) is 1.27. The van der Waals surface area contributed by atoms with Crippen LogP contribution < -0.4 is 0 Å². The molecule has 1 aliphatic rings. The van der Waals surface area contributed by atoms with Crippen molar-refractivity contribution in [3.8, 4) is 0 Å². The summed E-state index contributed by atoms with van der Waals surface area (Å²) in [5, 5.41) is 8.70. The van der Waals surface area contributed by atoms with Crippen LogP contribution >= 0.6 is 0 Å². The molecule has 0 atom stereocenters. The maximum Gasteiger partial charge on any atom is 0.335 e.